The molecule has 100 valence electrons. The lowest BCUT2D eigenvalue weighted by Gasteiger charge is -2.15. The van der Waals surface area contributed by atoms with Crippen molar-refractivity contribution in [2.75, 3.05) is 0 Å². The summed E-state index contributed by atoms with van der Waals surface area (Å²) in [5.74, 6) is 0. The van der Waals surface area contributed by atoms with Gasteiger partial charge in [0.15, 0.2) is 0 Å². The zero-order chi connectivity index (χ0) is 13.6. The number of hydrogen-bond donors (Lipinski definition) is 0. The first kappa shape index (κ1) is 15.2. The van der Waals surface area contributed by atoms with E-state index in [0.717, 1.165) is 11.3 Å². The second kappa shape index (κ2) is 6.88. The molecule has 0 saturated carbocycles. The van der Waals surface area contributed by atoms with Gasteiger partial charge in [-0.15, -0.1) is 0 Å². The number of unbranched alkanes of at least 4 members (excludes halogenated alkanes) is 1. The summed E-state index contributed by atoms with van der Waals surface area (Å²) in [4.78, 5) is 1.19. The molecular weight excluding hydrogens is 257 g/mol. The molecular formula is C14H17F3S. The van der Waals surface area contributed by atoms with Gasteiger partial charge in [0.1, 0.15) is 0 Å². The second-order valence-electron chi connectivity index (χ2n) is 4.05. The summed E-state index contributed by atoms with van der Waals surface area (Å²) < 4.78 is 38.8. The lowest BCUT2D eigenvalue weighted by atomic mass is 10.1. The van der Waals surface area contributed by atoms with E-state index in [-0.39, 0.29) is 6.42 Å². The predicted molar refractivity (Wildman–Crippen MR) is 70.6 cm³/mol. The average Bonchev–Trinajstić information content (AvgIpc) is 2.29. The molecule has 1 aromatic rings. The molecule has 0 saturated heterocycles. The van der Waals surface area contributed by atoms with E-state index >= 15 is 0 Å². The van der Waals surface area contributed by atoms with E-state index in [4.69, 9.17) is 0 Å². The molecule has 0 aliphatic carbocycles. The van der Waals surface area contributed by atoms with Crippen LogP contribution in [0.1, 0.15) is 33.1 Å². The van der Waals surface area contributed by atoms with E-state index in [0.29, 0.717) is 11.3 Å². The molecule has 0 fully saturated rings. The molecule has 0 amide bonds. The van der Waals surface area contributed by atoms with Crippen LogP contribution < -0.4 is 0 Å². The summed E-state index contributed by atoms with van der Waals surface area (Å²) >= 11 is 1.19. The molecule has 18 heavy (non-hydrogen) atoms. The Morgan fingerprint density at radius 3 is 2.28 bits per heavy atom. The van der Waals surface area contributed by atoms with Crippen molar-refractivity contribution < 1.29 is 13.2 Å². The van der Waals surface area contributed by atoms with Gasteiger partial charge in [-0.2, -0.15) is 13.2 Å². The quantitative estimate of drug-likeness (QED) is 0.611. The molecule has 0 aliphatic rings. The second-order valence-corrected chi connectivity index (χ2v) is 5.34. The maximum atomic E-state index is 12.9. The number of hydrogen-bond acceptors (Lipinski definition) is 1. The third kappa shape index (κ3) is 4.77. The summed E-state index contributed by atoms with van der Waals surface area (Å²) in [6.07, 6.45) is -2.78. The molecule has 1 aromatic carbocycles. The van der Waals surface area contributed by atoms with Crippen LogP contribution in [0.3, 0.4) is 0 Å². The molecule has 0 unspecified atom stereocenters. The maximum Gasteiger partial charge on any atom is 0.413 e. The van der Waals surface area contributed by atoms with Crippen molar-refractivity contribution in [3.8, 4) is 0 Å². The van der Waals surface area contributed by atoms with Gasteiger partial charge in [-0.3, -0.25) is 0 Å². The van der Waals surface area contributed by atoms with Crippen molar-refractivity contribution in [3.63, 3.8) is 0 Å². The van der Waals surface area contributed by atoms with Crippen molar-refractivity contribution >= 4 is 11.8 Å². The van der Waals surface area contributed by atoms with Gasteiger partial charge in [-0.25, -0.2) is 0 Å². The van der Waals surface area contributed by atoms with Gasteiger partial charge in [0.25, 0.3) is 0 Å². The van der Waals surface area contributed by atoms with Gasteiger partial charge < -0.3 is 0 Å². The average molecular weight is 274 g/mol. The van der Waals surface area contributed by atoms with Crippen molar-refractivity contribution in [2.24, 2.45) is 0 Å². The van der Waals surface area contributed by atoms with Gasteiger partial charge in [0, 0.05) is 10.5 Å². The van der Waals surface area contributed by atoms with Crippen molar-refractivity contribution in [1.82, 2.24) is 0 Å². The third-order valence-corrected chi connectivity index (χ3v) is 3.62. The minimum Gasteiger partial charge on any atom is -0.166 e. The number of thioether (sulfide) groups is 1. The highest BCUT2D eigenvalue weighted by Gasteiger charge is 2.34. The lowest BCUT2D eigenvalue weighted by molar-refractivity contribution is -0.0945. The van der Waals surface area contributed by atoms with Crippen molar-refractivity contribution in [3.05, 3.63) is 40.8 Å². The first-order chi connectivity index (χ1) is 8.45. The van der Waals surface area contributed by atoms with Crippen molar-refractivity contribution in [2.45, 2.75) is 44.2 Å². The topological polar surface area (TPSA) is 0 Å². The van der Waals surface area contributed by atoms with Gasteiger partial charge in [-0.1, -0.05) is 43.3 Å². The van der Waals surface area contributed by atoms with E-state index in [1.54, 1.807) is 6.92 Å². The fourth-order valence-electron chi connectivity index (χ4n) is 1.60. The predicted octanol–water partition coefficient (Wildman–Crippen LogP) is 5.81. The number of benzene rings is 1. The normalized spacial score (nSPS) is 13.4. The SMILES string of the molecule is CCCC/C(=C(\C)Sc1ccccc1)C(F)(F)F. The van der Waals surface area contributed by atoms with Gasteiger partial charge in [-0.05, 0) is 36.8 Å². The molecule has 0 aliphatic heterocycles. The molecule has 0 atom stereocenters. The van der Waals surface area contributed by atoms with Crippen LogP contribution in [0.15, 0.2) is 45.7 Å². The molecule has 0 bridgehead atoms. The van der Waals surface area contributed by atoms with Crippen LogP contribution in [0, 0.1) is 0 Å². The standard InChI is InChI=1S/C14H17F3S/c1-3-4-10-13(14(15,16)17)11(2)18-12-8-6-5-7-9-12/h5-9H,3-4,10H2,1-2H3/b13-11-. The van der Waals surface area contributed by atoms with Gasteiger partial charge in [0.05, 0.1) is 0 Å². The van der Waals surface area contributed by atoms with Crippen LogP contribution in [0.5, 0.6) is 0 Å². The third-order valence-electron chi connectivity index (χ3n) is 2.56. The van der Waals surface area contributed by atoms with E-state index < -0.39 is 11.7 Å². The minimum atomic E-state index is -4.22. The van der Waals surface area contributed by atoms with Crippen LogP contribution in [0.25, 0.3) is 0 Å². The monoisotopic (exact) mass is 274 g/mol. The van der Waals surface area contributed by atoms with Gasteiger partial charge in [0.2, 0.25) is 0 Å². The highest BCUT2D eigenvalue weighted by Crippen LogP contribution is 2.38. The van der Waals surface area contributed by atoms with E-state index in [9.17, 15) is 13.2 Å². The Balaban J connectivity index is 2.89. The highest BCUT2D eigenvalue weighted by molar-refractivity contribution is 8.03. The summed E-state index contributed by atoms with van der Waals surface area (Å²) in [5.41, 5.74) is -0.391. The zero-order valence-electron chi connectivity index (χ0n) is 10.6. The Kier molecular flexibility index (Phi) is 5.79. The summed E-state index contributed by atoms with van der Waals surface area (Å²) in [6, 6.07) is 9.15. The summed E-state index contributed by atoms with van der Waals surface area (Å²) in [5, 5.41) is 0. The summed E-state index contributed by atoms with van der Waals surface area (Å²) in [6.45, 7) is 3.45. The number of alkyl halides is 3. The van der Waals surface area contributed by atoms with Gasteiger partial charge >= 0.3 is 6.18 Å². The molecule has 0 radical (unpaired) electrons. The molecule has 0 N–H and O–H groups in total. The Morgan fingerprint density at radius 1 is 1.17 bits per heavy atom. The highest BCUT2D eigenvalue weighted by atomic mass is 32.2. The first-order valence-electron chi connectivity index (χ1n) is 5.95. The van der Waals surface area contributed by atoms with E-state index in [2.05, 4.69) is 0 Å². The number of halogens is 3. The Morgan fingerprint density at radius 2 is 1.78 bits per heavy atom. The molecule has 0 nitrogen and oxygen atoms in total. The Labute approximate surface area is 110 Å². The Hall–Kier alpha value is -0.900. The molecule has 0 aromatic heterocycles. The molecule has 1 rings (SSSR count). The molecule has 0 heterocycles. The largest absolute Gasteiger partial charge is 0.413 e. The first-order valence-corrected chi connectivity index (χ1v) is 6.76. The van der Waals surface area contributed by atoms with Crippen LogP contribution in [0.2, 0.25) is 0 Å². The number of allylic oxidation sites excluding steroid dienone is 2. The lowest BCUT2D eigenvalue weighted by Crippen LogP contribution is -2.13. The van der Waals surface area contributed by atoms with Crippen LogP contribution >= 0.6 is 11.8 Å². The fraction of sp³-hybridized carbons (Fsp3) is 0.429. The zero-order valence-corrected chi connectivity index (χ0v) is 11.4. The van der Waals surface area contributed by atoms with Crippen LogP contribution in [-0.4, -0.2) is 6.18 Å². The van der Waals surface area contributed by atoms with E-state index in [1.807, 2.05) is 37.3 Å². The summed E-state index contributed by atoms with van der Waals surface area (Å²) in [7, 11) is 0. The van der Waals surface area contributed by atoms with Crippen LogP contribution in [0.4, 0.5) is 13.2 Å². The minimum absolute atomic E-state index is 0.103. The Bertz CT molecular complexity index is 393. The molecule has 0 spiro atoms. The number of rotatable bonds is 5. The van der Waals surface area contributed by atoms with Crippen molar-refractivity contribution in [1.29, 1.82) is 0 Å². The van der Waals surface area contributed by atoms with Crippen LogP contribution in [-0.2, 0) is 0 Å². The van der Waals surface area contributed by atoms with E-state index in [1.165, 1.54) is 11.8 Å². The smallest absolute Gasteiger partial charge is 0.166 e. The molecule has 4 heteroatoms. The maximum absolute atomic E-state index is 12.9. The fourth-order valence-corrected chi connectivity index (χ4v) is 2.59.